The summed E-state index contributed by atoms with van der Waals surface area (Å²) < 4.78 is 43.4. The fraction of sp³-hybridized carbons (Fsp3) is 0.312. The molecule has 22 heavy (non-hydrogen) atoms. The van der Waals surface area contributed by atoms with Crippen LogP contribution in [0.25, 0.3) is 0 Å². The van der Waals surface area contributed by atoms with E-state index in [1.165, 1.54) is 6.07 Å². The first-order valence-electron chi connectivity index (χ1n) is 6.73. The molecule has 118 valence electrons. The van der Waals surface area contributed by atoms with Crippen molar-refractivity contribution >= 4 is 5.91 Å². The lowest BCUT2D eigenvalue weighted by Crippen LogP contribution is -2.27. The number of carbonyl (C=O) groups is 1. The molecule has 3 nitrogen and oxygen atoms in total. The maximum absolute atomic E-state index is 12.7. The molecule has 1 aromatic carbocycles. The number of amides is 1. The van der Waals surface area contributed by atoms with Crippen LogP contribution in [0.2, 0.25) is 0 Å². The van der Waals surface area contributed by atoms with E-state index in [0.717, 1.165) is 12.1 Å². The number of nitrogens with one attached hydrogen (secondary N) is 1. The van der Waals surface area contributed by atoms with Crippen LogP contribution in [-0.4, -0.2) is 5.91 Å². The topological polar surface area (TPSA) is 42.2 Å². The fourth-order valence-electron chi connectivity index (χ4n) is 2.20. The van der Waals surface area contributed by atoms with Gasteiger partial charge in [0.15, 0.2) is 0 Å². The van der Waals surface area contributed by atoms with Crippen LogP contribution in [0.5, 0.6) is 0 Å². The van der Waals surface area contributed by atoms with Gasteiger partial charge in [-0.15, -0.1) is 0 Å². The van der Waals surface area contributed by atoms with E-state index in [1.54, 1.807) is 32.9 Å². The van der Waals surface area contributed by atoms with Gasteiger partial charge in [-0.25, -0.2) is 0 Å². The number of rotatable bonds is 3. The molecule has 1 N–H and O–H groups in total. The van der Waals surface area contributed by atoms with Crippen molar-refractivity contribution in [2.24, 2.45) is 0 Å². The molecule has 0 unspecified atom stereocenters. The maximum Gasteiger partial charge on any atom is 0.416 e. The van der Waals surface area contributed by atoms with E-state index in [2.05, 4.69) is 5.32 Å². The Morgan fingerprint density at radius 1 is 1.23 bits per heavy atom. The van der Waals surface area contributed by atoms with Gasteiger partial charge in [-0.1, -0.05) is 12.1 Å². The molecule has 2 aromatic rings. The number of alkyl halides is 3. The van der Waals surface area contributed by atoms with E-state index in [-0.39, 0.29) is 5.91 Å². The normalized spacial score (nSPS) is 13.0. The molecule has 0 aliphatic heterocycles. The van der Waals surface area contributed by atoms with E-state index in [0.29, 0.717) is 22.6 Å². The monoisotopic (exact) mass is 311 g/mol. The van der Waals surface area contributed by atoms with Gasteiger partial charge < -0.3 is 9.73 Å². The summed E-state index contributed by atoms with van der Waals surface area (Å²) in [6, 6.07) is 5.97. The van der Waals surface area contributed by atoms with Gasteiger partial charge in [0.25, 0.3) is 5.91 Å². The van der Waals surface area contributed by atoms with Crippen molar-refractivity contribution < 1.29 is 22.4 Å². The third-order valence-electron chi connectivity index (χ3n) is 3.35. The zero-order chi connectivity index (χ0) is 16.5. The molecule has 1 atom stereocenters. The standard InChI is InChI=1S/C16H16F3NO2/c1-9-7-14(11(3)22-9)15(21)20-10(2)12-5-4-6-13(8-12)16(17,18)19/h4-8,10H,1-3H3,(H,20,21)/t10-/m0/s1. The highest BCUT2D eigenvalue weighted by Gasteiger charge is 2.30. The van der Waals surface area contributed by atoms with Crippen LogP contribution in [0.4, 0.5) is 13.2 Å². The molecule has 0 saturated heterocycles. The van der Waals surface area contributed by atoms with Gasteiger partial charge in [0.2, 0.25) is 0 Å². The summed E-state index contributed by atoms with van der Waals surface area (Å²) in [6.07, 6.45) is -4.40. The largest absolute Gasteiger partial charge is 0.466 e. The van der Waals surface area contributed by atoms with Gasteiger partial charge in [0.05, 0.1) is 17.2 Å². The number of hydrogen-bond acceptors (Lipinski definition) is 2. The summed E-state index contributed by atoms with van der Waals surface area (Å²) in [5.41, 5.74) is 0.0406. The number of halogens is 3. The highest BCUT2D eigenvalue weighted by atomic mass is 19.4. The van der Waals surface area contributed by atoms with E-state index in [4.69, 9.17) is 4.42 Å². The predicted octanol–water partition coefficient (Wildman–Crippen LogP) is 4.41. The molecule has 0 radical (unpaired) electrons. The first-order valence-corrected chi connectivity index (χ1v) is 6.73. The minimum atomic E-state index is -4.40. The molecule has 0 aliphatic carbocycles. The molecule has 0 bridgehead atoms. The van der Waals surface area contributed by atoms with Gasteiger partial charge >= 0.3 is 6.18 Å². The highest BCUT2D eigenvalue weighted by molar-refractivity contribution is 5.95. The van der Waals surface area contributed by atoms with E-state index < -0.39 is 17.8 Å². The third kappa shape index (κ3) is 3.50. The summed E-state index contributed by atoms with van der Waals surface area (Å²) in [7, 11) is 0. The van der Waals surface area contributed by atoms with Crippen molar-refractivity contribution in [3.05, 3.63) is 58.5 Å². The quantitative estimate of drug-likeness (QED) is 0.912. The van der Waals surface area contributed by atoms with Crippen molar-refractivity contribution in [1.29, 1.82) is 0 Å². The minimum absolute atomic E-state index is 0.376. The molecular weight excluding hydrogens is 295 g/mol. The molecule has 2 rings (SSSR count). The summed E-state index contributed by atoms with van der Waals surface area (Å²) in [5, 5.41) is 2.68. The van der Waals surface area contributed by atoms with Gasteiger partial charge in [-0.05, 0) is 44.5 Å². The summed E-state index contributed by atoms with van der Waals surface area (Å²) in [4.78, 5) is 12.2. The summed E-state index contributed by atoms with van der Waals surface area (Å²) in [5.74, 6) is 0.708. The van der Waals surface area contributed by atoms with Crippen LogP contribution in [0.3, 0.4) is 0 Å². The Kier molecular flexibility index (Phi) is 4.30. The zero-order valence-corrected chi connectivity index (χ0v) is 12.4. The Labute approximate surface area is 126 Å². The van der Waals surface area contributed by atoms with Crippen molar-refractivity contribution in [1.82, 2.24) is 5.32 Å². The lowest BCUT2D eigenvalue weighted by atomic mass is 10.0. The molecule has 6 heteroatoms. The van der Waals surface area contributed by atoms with Gasteiger partial charge in [0, 0.05) is 0 Å². The van der Waals surface area contributed by atoms with Gasteiger partial charge in [0.1, 0.15) is 11.5 Å². The second kappa shape index (κ2) is 5.87. The van der Waals surface area contributed by atoms with Crippen molar-refractivity contribution in [2.75, 3.05) is 0 Å². The first kappa shape index (κ1) is 16.1. The number of carbonyl (C=O) groups excluding carboxylic acids is 1. The Hall–Kier alpha value is -2.24. The van der Waals surface area contributed by atoms with Crippen LogP contribution in [0.1, 0.15) is 46.0 Å². The van der Waals surface area contributed by atoms with Crippen LogP contribution >= 0.6 is 0 Å². The number of hydrogen-bond donors (Lipinski definition) is 1. The van der Waals surface area contributed by atoms with Gasteiger partial charge in [-0.2, -0.15) is 13.2 Å². The summed E-state index contributed by atoms with van der Waals surface area (Å²) in [6.45, 7) is 5.02. The lowest BCUT2D eigenvalue weighted by Gasteiger charge is -2.16. The molecule has 0 spiro atoms. The van der Waals surface area contributed by atoms with E-state index in [1.807, 2.05) is 0 Å². The molecule has 1 aromatic heterocycles. The van der Waals surface area contributed by atoms with Crippen molar-refractivity contribution in [2.45, 2.75) is 33.0 Å². The average molecular weight is 311 g/mol. The second-order valence-electron chi connectivity index (χ2n) is 5.15. The molecule has 0 aliphatic rings. The van der Waals surface area contributed by atoms with E-state index in [9.17, 15) is 18.0 Å². The highest BCUT2D eigenvalue weighted by Crippen LogP contribution is 2.30. The number of furan rings is 1. The van der Waals surface area contributed by atoms with Gasteiger partial charge in [-0.3, -0.25) is 4.79 Å². The molecule has 1 amide bonds. The Balaban J connectivity index is 2.17. The smallest absolute Gasteiger partial charge is 0.416 e. The molecule has 1 heterocycles. The van der Waals surface area contributed by atoms with Crippen molar-refractivity contribution in [3.8, 4) is 0 Å². The summed E-state index contributed by atoms with van der Waals surface area (Å²) >= 11 is 0. The Morgan fingerprint density at radius 3 is 2.45 bits per heavy atom. The van der Waals surface area contributed by atoms with Crippen LogP contribution in [0, 0.1) is 13.8 Å². The lowest BCUT2D eigenvalue weighted by molar-refractivity contribution is -0.137. The van der Waals surface area contributed by atoms with Crippen LogP contribution in [0.15, 0.2) is 34.7 Å². The predicted molar refractivity (Wildman–Crippen MR) is 75.5 cm³/mol. The van der Waals surface area contributed by atoms with Crippen LogP contribution in [-0.2, 0) is 6.18 Å². The zero-order valence-electron chi connectivity index (χ0n) is 12.4. The van der Waals surface area contributed by atoms with Crippen LogP contribution < -0.4 is 5.32 Å². The Morgan fingerprint density at radius 2 is 1.91 bits per heavy atom. The Bertz CT molecular complexity index is 689. The SMILES string of the molecule is Cc1cc(C(=O)N[C@@H](C)c2cccc(C(F)(F)F)c2)c(C)o1. The number of benzene rings is 1. The third-order valence-corrected chi connectivity index (χ3v) is 3.35. The minimum Gasteiger partial charge on any atom is -0.466 e. The average Bonchev–Trinajstić information content (AvgIpc) is 2.77. The number of aryl methyl sites for hydroxylation is 2. The van der Waals surface area contributed by atoms with Crippen molar-refractivity contribution in [3.63, 3.8) is 0 Å². The second-order valence-corrected chi connectivity index (χ2v) is 5.15. The first-order chi connectivity index (χ1) is 10.2. The molecular formula is C16H16F3NO2. The molecule has 0 saturated carbocycles. The molecule has 0 fully saturated rings. The van der Waals surface area contributed by atoms with E-state index >= 15 is 0 Å². The fourth-order valence-corrected chi connectivity index (χ4v) is 2.20. The maximum atomic E-state index is 12.7.